The first-order valence-electron chi connectivity index (χ1n) is 6.64. The Kier molecular flexibility index (Phi) is 3.44. The molecule has 2 nitrogen and oxygen atoms in total. The lowest BCUT2D eigenvalue weighted by Gasteiger charge is -2.42. The number of nitrogens with one attached hydrogen (secondary N) is 1. The van der Waals surface area contributed by atoms with Crippen LogP contribution in [0, 0.1) is 0 Å². The molecule has 18 heavy (non-hydrogen) atoms. The molecule has 0 unspecified atom stereocenters. The topological polar surface area (TPSA) is 15.3 Å². The van der Waals surface area contributed by atoms with E-state index in [2.05, 4.69) is 16.3 Å². The highest BCUT2D eigenvalue weighted by atomic mass is 35.5. The van der Waals surface area contributed by atoms with Gasteiger partial charge in [-0.2, -0.15) is 0 Å². The summed E-state index contributed by atoms with van der Waals surface area (Å²) in [7, 11) is 0. The van der Waals surface area contributed by atoms with Crippen molar-refractivity contribution in [3.05, 3.63) is 28.2 Å². The Balaban J connectivity index is 1.81. The number of hydrogen-bond donors (Lipinski definition) is 1. The van der Waals surface area contributed by atoms with Crippen molar-refractivity contribution in [2.24, 2.45) is 0 Å². The van der Waals surface area contributed by atoms with Crippen molar-refractivity contribution in [3.63, 3.8) is 0 Å². The van der Waals surface area contributed by atoms with Crippen molar-refractivity contribution < 1.29 is 0 Å². The third-order valence-electron chi connectivity index (χ3n) is 4.20. The van der Waals surface area contributed by atoms with Crippen molar-refractivity contribution in [1.82, 2.24) is 5.32 Å². The summed E-state index contributed by atoms with van der Waals surface area (Å²) >= 11 is 12.1. The summed E-state index contributed by atoms with van der Waals surface area (Å²) in [5.74, 6) is 0. The normalized spacial score (nSPS) is 22.7. The molecule has 1 saturated heterocycles. The van der Waals surface area contributed by atoms with E-state index in [0.717, 1.165) is 19.6 Å². The first kappa shape index (κ1) is 12.6. The summed E-state index contributed by atoms with van der Waals surface area (Å²) in [6.07, 6.45) is 5.29. The van der Waals surface area contributed by atoms with Crippen LogP contribution in [0.25, 0.3) is 0 Å². The highest BCUT2D eigenvalue weighted by molar-refractivity contribution is 6.42. The van der Waals surface area contributed by atoms with Crippen molar-refractivity contribution in [3.8, 4) is 0 Å². The van der Waals surface area contributed by atoms with E-state index in [9.17, 15) is 0 Å². The van der Waals surface area contributed by atoms with Gasteiger partial charge in [-0.3, -0.25) is 0 Å². The van der Waals surface area contributed by atoms with E-state index in [1.165, 1.54) is 31.4 Å². The minimum absolute atomic E-state index is 0.338. The Morgan fingerprint density at radius 2 is 1.89 bits per heavy atom. The zero-order chi connectivity index (χ0) is 12.6. The molecule has 1 aromatic carbocycles. The molecule has 1 heterocycles. The maximum Gasteiger partial charge on any atom is 0.0612 e. The van der Waals surface area contributed by atoms with E-state index < -0.39 is 0 Å². The molecule has 1 aliphatic heterocycles. The molecule has 98 valence electrons. The standard InChI is InChI=1S/C14H18Cl2N2/c15-12-4-3-11(9-13(12)16)18-8-7-17-14(10-18)5-1-2-6-14/h3-4,9,17H,1-2,5-8,10H2. The number of piperazine rings is 1. The molecule has 0 bridgehead atoms. The van der Waals surface area contributed by atoms with Crippen molar-refractivity contribution >= 4 is 28.9 Å². The van der Waals surface area contributed by atoms with E-state index in [0.29, 0.717) is 15.6 Å². The van der Waals surface area contributed by atoms with Crippen LogP contribution in [-0.4, -0.2) is 25.2 Å². The summed E-state index contributed by atoms with van der Waals surface area (Å²) in [5, 5.41) is 5.00. The fraction of sp³-hybridized carbons (Fsp3) is 0.571. The van der Waals surface area contributed by atoms with Gasteiger partial charge in [-0.25, -0.2) is 0 Å². The van der Waals surface area contributed by atoms with Crippen molar-refractivity contribution in [2.75, 3.05) is 24.5 Å². The molecule has 0 radical (unpaired) electrons. The second-order valence-electron chi connectivity index (χ2n) is 5.43. The minimum Gasteiger partial charge on any atom is -0.368 e. The van der Waals surface area contributed by atoms with Gasteiger partial charge in [0.1, 0.15) is 0 Å². The maximum atomic E-state index is 6.11. The molecule has 1 spiro atoms. The second kappa shape index (κ2) is 4.92. The third kappa shape index (κ3) is 2.34. The first-order chi connectivity index (χ1) is 8.69. The van der Waals surface area contributed by atoms with Crippen LogP contribution in [0.15, 0.2) is 18.2 Å². The van der Waals surface area contributed by atoms with Gasteiger partial charge in [0.2, 0.25) is 0 Å². The molecule has 4 heteroatoms. The van der Waals surface area contributed by atoms with Crippen molar-refractivity contribution in [1.29, 1.82) is 0 Å². The zero-order valence-electron chi connectivity index (χ0n) is 10.4. The highest BCUT2D eigenvalue weighted by Gasteiger charge is 2.37. The maximum absolute atomic E-state index is 6.11. The predicted octanol–water partition coefficient (Wildman–Crippen LogP) is 3.72. The number of halogens is 2. The largest absolute Gasteiger partial charge is 0.368 e. The van der Waals surface area contributed by atoms with Crippen LogP contribution in [0.3, 0.4) is 0 Å². The molecular weight excluding hydrogens is 267 g/mol. The van der Waals surface area contributed by atoms with Gasteiger partial charge in [0, 0.05) is 30.9 Å². The monoisotopic (exact) mass is 284 g/mol. The van der Waals surface area contributed by atoms with Crippen LogP contribution in [-0.2, 0) is 0 Å². The first-order valence-corrected chi connectivity index (χ1v) is 7.39. The molecule has 3 rings (SSSR count). The van der Waals surface area contributed by atoms with Gasteiger partial charge in [-0.05, 0) is 31.0 Å². The lowest BCUT2D eigenvalue weighted by Crippen LogP contribution is -2.59. The molecule has 0 aromatic heterocycles. The van der Waals surface area contributed by atoms with Gasteiger partial charge in [-0.1, -0.05) is 36.0 Å². The van der Waals surface area contributed by atoms with Crippen LogP contribution < -0.4 is 10.2 Å². The lowest BCUT2D eigenvalue weighted by molar-refractivity contribution is 0.304. The highest BCUT2D eigenvalue weighted by Crippen LogP contribution is 2.34. The van der Waals surface area contributed by atoms with Crippen LogP contribution in [0.2, 0.25) is 10.0 Å². The molecule has 1 N–H and O–H groups in total. The average Bonchev–Trinajstić information content (AvgIpc) is 2.81. The molecule has 0 atom stereocenters. The zero-order valence-corrected chi connectivity index (χ0v) is 11.9. The summed E-state index contributed by atoms with van der Waals surface area (Å²) in [5.41, 5.74) is 1.53. The Bertz CT molecular complexity index is 441. The molecule has 2 aliphatic rings. The van der Waals surface area contributed by atoms with Crippen LogP contribution >= 0.6 is 23.2 Å². The SMILES string of the molecule is Clc1ccc(N2CCNC3(CCCC3)C2)cc1Cl. The summed E-state index contributed by atoms with van der Waals surface area (Å²) in [6.45, 7) is 3.19. The van der Waals surface area contributed by atoms with Gasteiger partial charge >= 0.3 is 0 Å². The minimum atomic E-state index is 0.338. The molecule has 2 fully saturated rings. The lowest BCUT2D eigenvalue weighted by atomic mass is 9.94. The van der Waals surface area contributed by atoms with Crippen LogP contribution in [0.4, 0.5) is 5.69 Å². The summed E-state index contributed by atoms with van der Waals surface area (Å²) < 4.78 is 0. The van der Waals surface area contributed by atoms with Gasteiger partial charge in [0.15, 0.2) is 0 Å². The molecule has 1 saturated carbocycles. The summed E-state index contributed by atoms with van der Waals surface area (Å²) in [4.78, 5) is 2.43. The smallest absolute Gasteiger partial charge is 0.0612 e. The Morgan fingerprint density at radius 3 is 2.61 bits per heavy atom. The van der Waals surface area contributed by atoms with E-state index >= 15 is 0 Å². The predicted molar refractivity (Wildman–Crippen MR) is 77.9 cm³/mol. The average molecular weight is 285 g/mol. The molecule has 1 aromatic rings. The van der Waals surface area contributed by atoms with E-state index in [-0.39, 0.29) is 0 Å². The fourth-order valence-electron chi connectivity index (χ4n) is 3.25. The third-order valence-corrected chi connectivity index (χ3v) is 4.94. The Labute approximate surface area is 118 Å². The number of anilines is 1. The number of nitrogens with zero attached hydrogens (tertiary/aromatic N) is 1. The molecule has 0 amide bonds. The van der Waals surface area contributed by atoms with Crippen molar-refractivity contribution in [2.45, 2.75) is 31.2 Å². The second-order valence-corrected chi connectivity index (χ2v) is 6.25. The van der Waals surface area contributed by atoms with E-state index in [4.69, 9.17) is 23.2 Å². The molecule has 1 aliphatic carbocycles. The number of hydrogen-bond acceptors (Lipinski definition) is 2. The summed E-state index contributed by atoms with van der Waals surface area (Å²) in [6, 6.07) is 5.95. The van der Waals surface area contributed by atoms with Crippen LogP contribution in [0.5, 0.6) is 0 Å². The van der Waals surface area contributed by atoms with Crippen LogP contribution in [0.1, 0.15) is 25.7 Å². The van der Waals surface area contributed by atoms with Gasteiger partial charge in [0.05, 0.1) is 10.0 Å². The van der Waals surface area contributed by atoms with Gasteiger partial charge in [-0.15, -0.1) is 0 Å². The van der Waals surface area contributed by atoms with E-state index in [1.54, 1.807) is 0 Å². The number of rotatable bonds is 1. The van der Waals surface area contributed by atoms with Gasteiger partial charge < -0.3 is 10.2 Å². The van der Waals surface area contributed by atoms with E-state index in [1.807, 2.05) is 12.1 Å². The number of benzene rings is 1. The van der Waals surface area contributed by atoms with Gasteiger partial charge in [0.25, 0.3) is 0 Å². The molecular formula is C14H18Cl2N2. The Hall–Kier alpha value is -0.440. The Morgan fingerprint density at radius 1 is 1.11 bits per heavy atom. The quantitative estimate of drug-likeness (QED) is 0.846. The fourth-order valence-corrected chi connectivity index (χ4v) is 3.54.